The number of hydrogen-bond acceptors (Lipinski definition) is 5. The molecular weight excluding hydrogens is 389 g/mol. The summed E-state index contributed by atoms with van der Waals surface area (Å²) in [6, 6.07) is 2.11. The third kappa shape index (κ3) is 4.75. The zero-order valence-electron chi connectivity index (χ0n) is 11.6. The Morgan fingerprint density at radius 2 is 2.10 bits per heavy atom. The molecule has 6 nitrogen and oxygen atoms in total. The van der Waals surface area contributed by atoms with E-state index < -0.39 is 0 Å². The number of thiophene rings is 1. The van der Waals surface area contributed by atoms with Gasteiger partial charge in [0.05, 0.1) is 13.1 Å². The van der Waals surface area contributed by atoms with Crippen molar-refractivity contribution in [3.05, 3.63) is 33.6 Å². The molecule has 2 N–H and O–H groups in total. The summed E-state index contributed by atoms with van der Waals surface area (Å²) in [5, 5.41) is 12.3. The average Bonchev–Trinajstić information content (AvgIpc) is 2.99. The van der Waals surface area contributed by atoms with Crippen LogP contribution in [-0.2, 0) is 13.1 Å². The van der Waals surface area contributed by atoms with E-state index in [4.69, 9.17) is 4.52 Å². The molecule has 0 aliphatic heterocycles. The van der Waals surface area contributed by atoms with Crippen LogP contribution >= 0.6 is 35.3 Å². The normalized spacial score (nSPS) is 11.1. The van der Waals surface area contributed by atoms with Gasteiger partial charge in [0.1, 0.15) is 0 Å². The van der Waals surface area contributed by atoms with Crippen molar-refractivity contribution in [2.24, 2.45) is 4.99 Å². The van der Waals surface area contributed by atoms with Gasteiger partial charge in [-0.15, -0.1) is 35.3 Å². The van der Waals surface area contributed by atoms with E-state index in [2.05, 4.69) is 44.1 Å². The van der Waals surface area contributed by atoms with Crippen molar-refractivity contribution in [1.82, 2.24) is 20.8 Å². The third-order valence-corrected chi connectivity index (χ3v) is 3.61. The minimum atomic E-state index is 0. The summed E-state index contributed by atoms with van der Waals surface area (Å²) >= 11 is 1.73. The van der Waals surface area contributed by atoms with Gasteiger partial charge in [-0.05, 0) is 23.9 Å². The summed E-state index contributed by atoms with van der Waals surface area (Å²) in [5.41, 5.74) is 1.29. The minimum absolute atomic E-state index is 0. The van der Waals surface area contributed by atoms with Gasteiger partial charge in [0.15, 0.2) is 11.8 Å². The molecule has 2 heterocycles. The number of aromatic nitrogens is 2. The van der Waals surface area contributed by atoms with E-state index in [1.807, 2.05) is 0 Å². The second-order valence-electron chi connectivity index (χ2n) is 4.04. The number of hydrogen-bond donors (Lipinski definition) is 2. The zero-order chi connectivity index (χ0) is 13.7. The zero-order valence-corrected chi connectivity index (χ0v) is 14.8. The Morgan fingerprint density at radius 1 is 1.35 bits per heavy atom. The number of nitrogens with one attached hydrogen (secondary N) is 2. The van der Waals surface area contributed by atoms with E-state index in [0.717, 1.165) is 12.5 Å². The molecule has 20 heavy (non-hydrogen) atoms. The molecule has 0 aromatic carbocycles. The number of nitrogens with zero attached hydrogens (tertiary/aromatic N) is 3. The lowest BCUT2D eigenvalue weighted by Gasteiger charge is -2.10. The first kappa shape index (κ1) is 16.9. The molecule has 0 fully saturated rings. The second kappa shape index (κ2) is 8.20. The minimum Gasteiger partial charge on any atom is -0.352 e. The Morgan fingerprint density at radius 3 is 2.65 bits per heavy atom. The smallest absolute Gasteiger partial charge is 0.223 e. The van der Waals surface area contributed by atoms with E-state index in [1.54, 1.807) is 25.3 Å². The Bertz CT molecular complexity index is 566. The van der Waals surface area contributed by atoms with E-state index >= 15 is 0 Å². The van der Waals surface area contributed by atoms with Crippen LogP contribution in [-0.4, -0.2) is 23.1 Å². The average molecular weight is 407 g/mol. The van der Waals surface area contributed by atoms with Gasteiger partial charge in [0.2, 0.25) is 5.89 Å². The number of rotatable bonds is 4. The predicted molar refractivity (Wildman–Crippen MR) is 90.5 cm³/mol. The van der Waals surface area contributed by atoms with Crippen LogP contribution in [0.25, 0.3) is 0 Å². The van der Waals surface area contributed by atoms with Gasteiger partial charge in [-0.2, -0.15) is 4.98 Å². The topological polar surface area (TPSA) is 75.3 Å². The Labute approximate surface area is 139 Å². The lowest BCUT2D eigenvalue weighted by atomic mass is 10.3. The maximum atomic E-state index is 4.91. The molecule has 0 radical (unpaired) electrons. The first-order chi connectivity index (χ1) is 9.19. The summed E-state index contributed by atoms with van der Waals surface area (Å²) in [6.45, 7) is 5.11. The predicted octanol–water partition coefficient (Wildman–Crippen LogP) is 2.23. The highest BCUT2D eigenvalue weighted by atomic mass is 127. The molecule has 2 aromatic heterocycles. The molecule has 0 saturated carbocycles. The van der Waals surface area contributed by atoms with Gasteiger partial charge in [-0.3, -0.25) is 4.99 Å². The van der Waals surface area contributed by atoms with E-state index in [0.29, 0.717) is 18.3 Å². The molecule has 0 spiro atoms. The Balaban J connectivity index is 0.00000200. The fraction of sp³-hybridized carbons (Fsp3) is 0.417. The summed E-state index contributed by atoms with van der Waals surface area (Å²) in [4.78, 5) is 9.58. The number of halogens is 1. The standard InChI is InChI=1S/C12H17N5OS.HI/c1-8-4-5-19-10(8)6-14-12(13-3)15-7-11-16-9(2)18-17-11;/h4-5H,6-7H2,1-3H3,(H2,13,14,15);1H. The van der Waals surface area contributed by atoms with Crippen LogP contribution in [0.5, 0.6) is 0 Å². The Hall–Kier alpha value is -1.16. The van der Waals surface area contributed by atoms with Crippen molar-refractivity contribution in [2.45, 2.75) is 26.9 Å². The summed E-state index contributed by atoms with van der Waals surface area (Å²) < 4.78 is 4.91. The van der Waals surface area contributed by atoms with Gasteiger partial charge in [0.25, 0.3) is 0 Å². The Kier molecular flexibility index (Phi) is 6.93. The van der Waals surface area contributed by atoms with Gasteiger partial charge < -0.3 is 15.2 Å². The highest BCUT2D eigenvalue weighted by Gasteiger charge is 2.05. The molecule has 8 heteroatoms. The van der Waals surface area contributed by atoms with Crippen LogP contribution in [0.4, 0.5) is 0 Å². The summed E-state index contributed by atoms with van der Waals surface area (Å²) in [5.74, 6) is 1.90. The second-order valence-corrected chi connectivity index (χ2v) is 5.04. The van der Waals surface area contributed by atoms with E-state index in [9.17, 15) is 0 Å². The molecule has 0 bridgehead atoms. The molecule has 0 atom stereocenters. The molecular formula is C12H18IN5OS. The maximum absolute atomic E-state index is 4.91. The van der Waals surface area contributed by atoms with Crippen molar-refractivity contribution in [3.8, 4) is 0 Å². The van der Waals surface area contributed by atoms with Crippen LogP contribution < -0.4 is 10.6 Å². The van der Waals surface area contributed by atoms with Gasteiger partial charge >= 0.3 is 0 Å². The van der Waals surface area contributed by atoms with Crippen molar-refractivity contribution >= 4 is 41.3 Å². The lowest BCUT2D eigenvalue weighted by Crippen LogP contribution is -2.36. The number of aryl methyl sites for hydroxylation is 2. The van der Waals surface area contributed by atoms with Crippen molar-refractivity contribution in [1.29, 1.82) is 0 Å². The van der Waals surface area contributed by atoms with Gasteiger partial charge in [0, 0.05) is 18.8 Å². The molecule has 110 valence electrons. The van der Waals surface area contributed by atoms with Crippen molar-refractivity contribution in [3.63, 3.8) is 0 Å². The molecule has 0 aliphatic rings. The first-order valence-electron chi connectivity index (χ1n) is 5.95. The molecule has 0 amide bonds. The highest BCUT2D eigenvalue weighted by molar-refractivity contribution is 14.0. The lowest BCUT2D eigenvalue weighted by molar-refractivity contribution is 0.387. The van der Waals surface area contributed by atoms with Crippen LogP contribution in [0.15, 0.2) is 21.0 Å². The summed E-state index contributed by atoms with van der Waals surface area (Å²) in [6.07, 6.45) is 0. The largest absolute Gasteiger partial charge is 0.352 e. The molecule has 0 aliphatic carbocycles. The van der Waals surface area contributed by atoms with E-state index in [1.165, 1.54) is 10.4 Å². The molecule has 0 unspecified atom stereocenters. The number of guanidine groups is 1. The van der Waals surface area contributed by atoms with E-state index in [-0.39, 0.29) is 24.0 Å². The summed E-state index contributed by atoms with van der Waals surface area (Å²) in [7, 11) is 1.73. The monoisotopic (exact) mass is 407 g/mol. The molecule has 2 aromatic rings. The van der Waals surface area contributed by atoms with Gasteiger partial charge in [-0.1, -0.05) is 5.16 Å². The SMILES string of the molecule is CN=C(NCc1noc(C)n1)NCc1sccc1C.I. The quantitative estimate of drug-likeness (QED) is 0.462. The fourth-order valence-electron chi connectivity index (χ4n) is 1.55. The fourth-order valence-corrected chi connectivity index (χ4v) is 2.39. The maximum Gasteiger partial charge on any atom is 0.223 e. The molecule has 0 saturated heterocycles. The van der Waals surface area contributed by atoms with Crippen molar-refractivity contribution in [2.75, 3.05) is 7.05 Å². The van der Waals surface area contributed by atoms with Crippen LogP contribution in [0.2, 0.25) is 0 Å². The molecule has 2 rings (SSSR count). The van der Waals surface area contributed by atoms with Gasteiger partial charge in [-0.25, -0.2) is 0 Å². The number of aliphatic imine (C=N–C) groups is 1. The first-order valence-corrected chi connectivity index (χ1v) is 6.83. The third-order valence-electron chi connectivity index (χ3n) is 2.59. The van der Waals surface area contributed by atoms with Crippen molar-refractivity contribution < 1.29 is 4.52 Å². The highest BCUT2D eigenvalue weighted by Crippen LogP contribution is 2.14. The van der Waals surface area contributed by atoms with Crippen LogP contribution in [0.1, 0.15) is 22.2 Å². The van der Waals surface area contributed by atoms with Crippen LogP contribution in [0.3, 0.4) is 0 Å². The van der Waals surface area contributed by atoms with Crippen LogP contribution in [0, 0.1) is 13.8 Å².